The highest BCUT2D eigenvalue weighted by atomic mass is 79.9. The maximum absolute atomic E-state index is 12.7. The molecule has 0 atom stereocenters. The zero-order chi connectivity index (χ0) is 18.7. The average molecular weight is 438 g/mol. The predicted molar refractivity (Wildman–Crippen MR) is 103 cm³/mol. The van der Waals surface area contributed by atoms with E-state index in [9.17, 15) is 13.2 Å². The number of rotatable bonds is 4. The van der Waals surface area contributed by atoms with Crippen LogP contribution in [0.15, 0.2) is 57.9 Å². The van der Waals surface area contributed by atoms with Crippen LogP contribution in [0.5, 0.6) is 0 Å². The van der Waals surface area contributed by atoms with Crippen molar-refractivity contribution >= 4 is 31.9 Å². The molecule has 0 saturated carbocycles. The van der Waals surface area contributed by atoms with Crippen molar-refractivity contribution in [1.82, 2.24) is 9.21 Å². The van der Waals surface area contributed by atoms with Gasteiger partial charge in [-0.15, -0.1) is 0 Å². The van der Waals surface area contributed by atoms with Crippen LogP contribution in [0.25, 0.3) is 0 Å². The molecular weight excluding hydrogens is 418 g/mol. The number of hydrogen-bond donors (Lipinski definition) is 1. The molecule has 1 aliphatic rings. The summed E-state index contributed by atoms with van der Waals surface area (Å²) in [6.45, 7) is 1.66. The number of hydrogen-bond acceptors (Lipinski definition) is 4. The molecule has 1 aliphatic heterocycles. The summed E-state index contributed by atoms with van der Waals surface area (Å²) in [6, 6.07) is 13.8. The number of benzene rings is 2. The Balaban J connectivity index is 1.68. The monoisotopic (exact) mass is 437 g/mol. The van der Waals surface area contributed by atoms with E-state index in [1.807, 2.05) is 12.1 Å². The lowest BCUT2D eigenvalue weighted by Crippen LogP contribution is -2.50. The van der Waals surface area contributed by atoms with E-state index < -0.39 is 10.0 Å². The molecule has 0 aromatic heterocycles. The van der Waals surface area contributed by atoms with Crippen LogP contribution in [0.3, 0.4) is 0 Å². The van der Waals surface area contributed by atoms with Gasteiger partial charge in [0, 0.05) is 42.8 Å². The molecular formula is C18H20BrN3O3S. The van der Waals surface area contributed by atoms with E-state index in [1.54, 1.807) is 41.3 Å². The fraction of sp³-hybridized carbons (Fsp3) is 0.278. The van der Waals surface area contributed by atoms with Crippen molar-refractivity contribution in [2.24, 2.45) is 5.73 Å². The highest BCUT2D eigenvalue weighted by Gasteiger charge is 2.30. The first-order valence-corrected chi connectivity index (χ1v) is 10.5. The van der Waals surface area contributed by atoms with Gasteiger partial charge in [0.25, 0.3) is 5.91 Å². The maximum Gasteiger partial charge on any atom is 0.253 e. The van der Waals surface area contributed by atoms with Crippen molar-refractivity contribution in [3.8, 4) is 0 Å². The minimum Gasteiger partial charge on any atom is -0.336 e. The molecule has 0 bridgehead atoms. The number of amides is 1. The number of sulfonamides is 1. The summed E-state index contributed by atoms with van der Waals surface area (Å²) in [6.07, 6.45) is 0. The smallest absolute Gasteiger partial charge is 0.253 e. The van der Waals surface area contributed by atoms with E-state index >= 15 is 0 Å². The number of nitrogens with two attached hydrogens (primary N) is 1. The van der Waals surface area contributed by atoms with Crippen LogP contribution in [0, 0.1) is 0 Å². The minimum atomic E-state index is -3.55. The van der Waals surface area contributed by atoms with E-state index in [4.69, 9.17) is 5.73 Å². The lowest BCUT2D eigenvalue weighted by molar-refractivity contribution is 0.0698. The van der Waals surface area contributed by atoms with Crippen LogP contribution in [-0.2, 0) is 16.6 Å². The molecule has 138 valence electrons. The highest BCUT2D eigenvalue weighted by Crippen LogP contribution is 2.20. The Kier molecular flexibility index (Phi) is 5.76. The van der Waals surface area contributed by atoms with Gasteiger partial charge in [-0.05, 0) is 42.0 Å². The van der Waals surface area contributed by atoms with Crippen molar-refractivity contribution in [1.29, 1.82) is 0 Å². The minimum absolute atomic E-state index is 0.0963. The van der Waals surface area contributed by atoms with E-state index in [-0.39, 0.29) is 23.9 Å². The third-order valence-corrected chi connectivity index (χ3v) is 6.83. The van der Waals surface area contributed by atoms with Gasteiger partial charge < -0.3 is 10.6 Å². The zero-order valence-electron chi connectivity index (χ0n) is 14.1. The van der Waals surface area contributed by atoms with Crippen LogP contribution < -0.4 is 5.73 Å². The van der Waals surface area contributed by atoms with Gasteiger partial charge in [0.2, 0.25) is 10.0 Å². The van der Waals surface area contributed by atoms with Gasteiger partial charge in [-0.25, -0.2) is 8.42 Å². The van der Waals surface area contributed by atoms with Gasteiger partial charge in [0.15, 0.2) is 0 Å². The fourth-order valence-electron chi connectivity index (χ4n) is 2.90. The quantitative estimate of drug-likeness (QED) is 0.792. The van der Waals surface area contributed by atoms with Crippen molar-refractivity contribution in [3.05, 3.63) is 64.1 Å². The van der Waals surface area contributed by atoms with Gasteiger partial charge in [-0.1, -0.05) is 28.1 Å². The molecule has 1 amide bonds. The Labute approximate surface area is 161 Å². The Morgan fingerprint density at radius 2 is 1.69 bits per heavy atom. The molecule has 1 saturated heterocycles. The summed E-state index contributed by atoms with van der Waals surface area (Å²) in [5.74, 6) is -0.0963. The molecule has 2 N–H and O–H groups in total. The number of nitrogens with zero attached hydrogens (tertiary/aromatic N) is 2. The molecule has 3 rings (SSSR count). The van der Waals surface area contributed by atoms with Crippen molar-refractivity contribution in [3.63, 3.8) is 0 Å². The Bertz CT molecular complexity index is 892. The van der Waals surface area contributed by atoms with Crippen molar-refractivity contribution in [2.45, 2.75) is 11.4 Å². The van der Waals surface area contributed by atoms with Crippen molar-refractivity contribution in [2.75, 3.05) is 26.2 Å². The molecule has 0 radical (unpaired) electrons. The molecule has 0 spiro atoms. The van der Waals surface area contributed by atoms with Gasteiger partial charge in [-0.2, -0.15) is 4.31 Å². The average Bonchev–Trinajstić information content (AvgIpc) is 2.68. The molecule has 1 heterocycles. The topological polar surface area (TPSA) is 83.7 Å². The molecule has 6 nitrogen and oxygen atoms in total. The number of carbonyl (C=O) groups excluding carboxylic acids is 1. The Morgan fingerprint density at radius 1 is 1.04 bits per heavy atom. The molecule has 1 fully saturated rings. The van der Waals surface area contributed by atoms with Crippen LogP contribution in [0.2, 0.25) is 0 Å². The fourth-order valence-corrected chi connectivity index (χ4v) is 4.59. The van der Waals surface area contributed by atoms with Crippen LogP contribution in [0.1, 0.15) is 15.9 Å². The van der Waals surface area contributed by atoms with Crippen LogP contribution in [-0.4, -0.2) is 49.7 Å². The predicted octanol–water partition coefficient (Wildman–Crippen LogP) is 2.05. The van der Waals surface area contributed by atoms with Crippen LogP contribution >= 0.6 is 15.9 Å². The summed E-state index contributed by atoms with van der Waals surface area (Å²) >= 11 is 3.30. The SMILES string of the molecule is NCc1cccc(C(=O)N2CCN(S(=O)(=O)c3ccc(Br)cc3)CC2)c1. The standard InChI is InChI=1S/C18H20BrN3O3S/c19-16-4-6-17(7-5-16)26(24,25)22-10-8-21(9-11-22)18(23)15-3-1-2-14(12-15)13-20/h1-7,12H,8-11,13,20H2. The normalized spacial score (nSPS) is 15.8. The third-order valence-electron chi connectivity index (χ3n) is 4.39. The second-order valence-corrected chi connectivity index (χ2v) is 8.91. The first-order valence-electron chi connectivity index (χ1n) is 8.26. The van der Waals surface area contributed by atoms with Gasteiger partial charge in [0.05, 0.1) is 4.90 Å². The second kappa shape index (κ2) is 7.87. The summed E-state index contributed by atoms with van der Waals surface area (Å²) in [5.41, 5.74) is 7.10. The third kappa shape index (κ3) is 3.98. The maximum atomic E-state index is 12.7. The van der Waals surface area contributed by atoms with E-state index in [1.165, 1.54) is 4.31 Å². The van der Waals surface area contributed by atoms with Crippen molar-refractivity contribution < 1.29 is 13.2 Å². The van der Waals surface area contributed by atoms with E-state index in [2.05, 4.69) is 15.9 Å². The zero-order valence-corrected chi connectivity index (χ0v) is 16.5. The lowest BCUT2D eigenvalue weighted by atomic mass is 10.1. The molecule has 26 heavy (non-hydrogen) atoms. The summed E-state index contributed by atoms with van der Waals surface area (Å²) in [4.78, 5) is 14.6. The highest BCUT2D eigenvalue weighted by molar-refractivity contribution is 9.10. The van der Waals surface area contributed by atoms with Gasteiger partial charge in [0.1, 0.15) is 0 Å². The molecule has 0 unspecified atom stereocenters. The molecule has 2 aromatic rings. The van der Waals surface area contributed by atoms with Crippen LogP contribution in [0.4, 0.5) is 0 Å². The van der Waals surface area contributed by atoms with E-state index in [0.29, 0.717) is 25.2 Å². The van der Waals surface area contributed by atoms with E-state index in [0.717, 1.165) is 10.0 Å². The molecule has 8 heteroatoms. The Hall–Kier alpha value is -1.74. The summed E-state index contributed by atoms with van der Waals surface area (Å²) < 4.78 is 27.7. The second-order valence-electron chi connectivity index (χ2n) is 6.05. The van der Waals surface area contributed by atoms with Gasteiger partial charge in [-0.3, -0.25) is 4.79 Å². The summed E-state index contributed by atoms with van der Waals surface area (Å²) in [5, 5.41) is 0. The molecule has 2 aromatic carbocycles. The van der Waals surface area contributed by atoms with Gasteiger partial charge >= 0.3 is 0 Å². The lowest BCUT2D eigenvalue weighted by Gasteiger charge is -2.34. The molecule has 0 aliphatic carbocycles. The first-order chi connectivity index (χ1) is 12.4. The largest absolute Gasteiger partial charge is 0.336 e. The number of piperazine rings is 1. The Morgan fingerprint density at radius 3 is 2.31 bits per heavy atom. The first kappa shape index (κ1) is 19.0. The number of carbonyl (C=O) groups is 1. The number of halogens is 1. The summed E-state index contributed by atoms with van der Waals surface area (Å²) in [7, 11) is -3.55.